The minimum absolute atomic E-state index is 0.00938. The lowest BCUT2D eigenvalue weighted by molar-refractivity contribution is -0.153. The van der Waals surface area contributed by atoms with Crippen LogP contribution in [0.25, 0.3) is 22.4 Å². The molecule has 2 aromatic heterocycles. The second-order valence-electron chi connectivity index (χ2n) is 13.6. The summed E-state index contributed by atoms with van der Waals surface area (Å²) in [6, 6.07) is 9.01. The first-order chi connectivity index (χ1) is 18.7. The Balaban J connectivity index is 1.72. The van der Waals surface area contributed by atoms with Crippen molar-refractivity contribution < 1.29 is 19.1 Å². The quantitative estimate of drug-likeness (QED) is 0.135. The van der Waals surface area contributed by atoms with Gasteiger partial charge in [0.1, 0.15) is 18.4 Å². The highest BCUT2D eigenvalue weighted by Gasteiger charge is 2.40. The van der Waals surface area contributed by atoms with Gasteiger partial charge in [0.25, 0.3) is 0 Å². The van der Waals surface area contributed by atoms with Crippen LogP contribution in [0, 0.1) is 10.8 Å². The molecule has 0 spiro atoms. The molecule has 1 N–H and O–H groups in total. The third-order valence-electron chi connectivity index (χ3n) is 7.52. The minimum Gasteiger partial charge on any atom is -0.457 e. The van der Waals surface area contributed by atoms with Gasteiger partial charge in [0, 0.05) is 50.7 Å². The maximum Gasteiger partial charge on any atom is 0.303 e. The Morgan fingerprint density at radius 3 is 2.60 bits per heavy atom. The molecule has 4 rings (SSSR count). The molecule has 2 unspecified atom stereocenters. The normalized spacial score (nSPS) is 18.7. The number of nitrogens with zero attached hydrogens (tertiary/aromatic N) is 3. The highest BCUT2D eigenvalue weighted by Crippen LogP contribution is 2.42. The Bertz CT molecular complexity index is 1380. The lowest BCUT2D eigenvalue weighted by atomic mass is 9.79. The summed E-state index contributed by atoms with van der Waals surface area (Å²) in [5.41, 5.74) is 3.39. The van der Waals surface area contributed by atoms with Gasteiger partial charge in [0.2, 0.25) is 0 Å². The molecular weight excluding hydrogens is 520 g/mol. The fourth-order valence-corrected chi connectivity index (χ4v) is 5.86. The minimum atomic E-state index is -1.21. The van der Waals surface area contributed by atoms with E-state index in [9.17, 15) is 9.59 Å². The van der Waals surface area contributed by atoms with Crippen LogP contribution in [0.1, 0.15) is 63.1 Å². The van der Waals surface area contributed by atoms with Crippen LogP contribution in [0.2, 0.25) is 25.7 Å². The Morgan fingerprint density at radius 1 is 1.23 bits per heavy atom. The monoisotopic (exact) mass is 564 g/mol. The van der Waals surface area contributed by atoms with Crippen LogP contribution in [0.3, 0.4) is 0 Å². The van der Waals surface area contributed by atoms with E-state index in [-0.39, 0.29) is 23.3 Å². The number of carbonyl (C=O) groups excluding carboxylic acids is 2. The number of ether oxygens (including phenoxy) is 2. The molecule has 0 bridgehead atoms. The maximum absolute atomic E-state index is 13.5. The van der Waals surface area contributed by atoms with E-state index in [1.807, 2.05) is 55.8 Å². The molecular formula is C31H44N4O4Si. The number of hydrogen-bond donors (Lipinski definition) is 1. The van der Waals surface area contributed by atoms with Crippen LogP contribution in [0.4, 0.5) is 0 Å². The number of esters is 1. The first-order valence-corrected chi connectivity index (χ1v) is 17.9. The van der Waals surface area contributed by atoms with Gasteiger partial charge in [0.05, 0.1) is 17.5 Å². The maximum atomic E-state index is 13.5. The summed E-state index contributed by atoms with van der Waals surface area (Å²) in [6.45, 7) is 19.0. The number of aromatic nitrogens is 3. The van der Waals surface area contributed by atoms with Gasteiger partial charge < -0.3 is 19.4 Å². The molecule has 1 aliphatic heterocycles. The van der Waals surface area contributed by atoms with Gasteiger partial charge in [-0.1, -0.05) is 65.5 Å². The van der Waals surface area contributed by atoms with Crippen molar-refractivity contribution >= 4 is 31.0 Å². The Kier molecular flexibility index (Phi) is 8.68. The first kappa shape index (κ1) is 30.1. The fraction of sp³-hybridized carbons (Fsp3) is 0.548. The van der Waals surface area contributed by atoms with Crippen molar-refractivity contribution in [3.63, 3.8) is 0 Å². The van der Waals surface area contributed by atoms with Gasteiger partial charge >= 0.3 is 5.97 Å². The first-order valence-electron chi connectivity index (χ1n) is 14.1. The second-order valence-corrected chi connectivity index (χ2v) is 19.2. The molecule has 216 valence electrons. The molecule has 8 nitrogen and oxygen atoms in total. The summed E-state index contributed by atoms with van der Waals surface area (Å²) in [7, 11) is -1.21. The van der Waals surface area contributed by atoms with Crippen molar-refractivity contribution in [2.75, 3.05) is 19.7 Å². The lowest BCUT2D eigenvalue weighted by Gasteiger charge is -2.33. The van der Waals surface area contributed by atoms with Crippen molar-refractivity contribution in [3.8, 4) is 11.3 Å². The number of benzene rings is 1. The van der Waals surface area contributed by atoms with Crippen molar-refractivity contribution in [1.29, 1.82) is 0 Å². The molecule has 0 saturated carbocycles. The third-order valence-corrected chi connectivity index (χ3v) is 9.23. The summed E-state index contributed by atoms with van der Waals surface area (Å²) >= 11 is 0. The standard InChI is InChI=1S/C31H44N4O4Si/c1-21(36)39-28(31(5)12-13-32-19-31)23-11-9-10-22(16-23)25-17-33-29-26(34-25)24(27(37)30(2,3)4)18-35(29)20-38-14-15-40(6,7)8/h9-11,16-18,28,32H,12-15,19-20H2,1-8H3. The van der Waals surface area contributed by atoms with Crippen molar-refractivity contribution in [3.05, 3.63) is 47.8 Å². The second kappa shape index (κ2) is 11.5. The van der Waals surface area contributed by atoms with Gasteiger partial charge in [-0.25, -0.2) is 9.97 Å². The highest BCUT2D eigenvalue weighted by molar-refractivity contribution is 6.76. The van der Waals surface area contributed by atoms with E-state index in [4.69, 9.17) is 19.4 Å². The Morgan fingerprint density at radius 2 is 1.98 bits per heavy atom. The smallest absolute Gasteiger partial charge is 0.303 e. The molecule has 1 fully saturated rings. The van der Waals surface area contributed by atoms with E-state index in [0.29, 0.717) is 35.8 Å². The molecule has 0 aliphatic carbocycles. The molecule has 2 atom stereocenters. The molecule has 0 radical (unpaired) electrons. The summed E-state index contributed by atoms with van der Waals surface area (Å²) in [5.74, 6) is -0.293. The van der Waals surface area contributed by atoms with Gasteiger partial charge in [-0.2, -0.15) is 0 Å². The Labute approximate surface area is 238 Å². The summed E-state index contributed by atoms with van der Waals surface area (Å²) in [5, 5.41) is 3.40. The largest absolute Gasteiger partial charge is 0.457 e. The molecule has 9 heteroatoms. The SMILES string of the molecule is CC(=O)OC(c1cccc(-c2cnc3c(n2)c(C(=O)C(C)(C)C)cn3COCC[Si](C)(C)C)c1)C1(C)CCNC1. The van der Waals surface area contributed by atoms with Crippen molar-refractivity contribution in [2.45, 2.75) is 79.6 Å². The zero-order valence-electron chi connectivity index (χ0n) is 25.3. The average molecular weight is 565 g/mol. The van der Waals surface area contributed by atoms with Crippen LogP contribution in [-0.4, -0.2) is 54.1 Å². The average Bonchev–Trinajstić information content (AvgIpc) is 3.47. The highest BCUT2D eigenvalue weighted by atomic mass is 28.3. The van der Waals surface area contributed by atoms with Gasteiger partial charge in [-0.3, -0.25) is 9.59 Å². The molecule has 3 aromatic rings. The van der Waals surface area contributed by atoms with E-state index in [0.717, 1.165) is 36.7 Å². The van der Waals surface area contributed by atoms with Gasteiger partial charge in [-0.15, -0.1) is 0 Å². The predicted molar refractivity (Wildman–Crippen MR) is 161 cm³/mol. The summed E-state index contributed by atoms with van der Waals surface area (Å²) in [6.07, 6.45) is 4.10. The van der Waals surface area contributed by atoms with Crippen LogP contribution in [0.5, 0.6) is 0 Å². The number of Topliss-reactive ketones (excluding diaryl/α,β-unsaturated/α-hetero) is 1. The van der Waals surface area contributed by atoms with Gasteiger partial charge in [0.15, 0.2) is 11.4 Å². The zero-order valence-corrected chi connectivity index (χ0v) is 26.3. The zero-order chi connectivity index (χ0) is 29.3. The third kappa shape index (κ3) is 6.87. The number of hydrogen-bond acceptors (Lipinski definition) is 7. The number of rotatable bonds is 10. The fourth-order valence-electron chi connectivity index (χ4n) is 5.10. The van der Waals surface area contributed by atoms with Crippen LogP contribution >= 0.6 is 0 Å². The van der Waals surface area contributed by atoms with Crippen molar-refractivity contribution in [1.82, 2.24) is 19.9 Å². The Hall–Kier alpha value is -2.88. The molecule has 1 aromatic carbocycles. The number of fused-ring (bicyclic) bond motifs is 1. The predicted octanol–water partition coefficient (Wildman–Crippen LogP) is 6.24. The topological polar surface area (TPSA) is 95.3 Å². The van der Waals surface area contributed by atoms with E-state index in [1.54, 1.807) is 6.20 Å². The summed E-state index contributed by atoms with van der Waals surface area (Å²) < 4.78 is 13.8. The van der Waals surface area contributed by atoms with E-state index in [2.05, 4.69) is 31.9 Å². The van der Waals surface area contributed by atoms with Crippen LogP contribution < -0.4 is 5.32 Å². The molecule has 40 heavy (non-hydrogen) atoms. The van der Waals surface area contributed by atoms with Crippen LogP contribution in [-0.2, 0) is 21.0 Å². The van der Waals surface area contributed by atoms with Gasteiger partial charge in [-0.05, 0) is 30.6 Å². The van der Waals surface area contributed by atoms with E-state index >= 15 is 0 Å². The number of nitrogens with one attached hydrogen (secondary N) is 1. The lowest BCUT2D eigenvalue weighted by Crippen LogP contribution is -2.31. The van der Waals surface area contributed by atoms with E-state index in [1.165, 1.54) is 6.92 Å². The number of ketones is 1. The van der Waals surface area contributed by atoms with E-state index < -0.39 is 13.5 Å². The number of carbonyl (C=O) groups is 2. The molecule has 1 aliphatic rings. The molecule has 1 saturated heterocycles. The van der Waals surface area contributed by atoms with Crippen LogP contribution in [0.15, 0.2) is 36.7 Å². The summed E-state index contributed by atoms with van der Waals surface area (Å²) in [4.78, 5) is 35.2. The molecule has 3 heterocycles. The molecule has 0 amide bonds. The van der Waals surface area contributed by atoms with Crippen molar-refractivity contribution in [2.24, 2.45) is 10.8 Å².